The summed E-state index contributed by atoms with van der Waals surface area (Å²) < 4.78 is 0. The van der Waals surface area contributed by atoms with Crippen LogP contribution in [0.2, 0.25) is 0 Å². The van der Waals surface area contributed by atoms with Crippen molar-refractivity contribution in [3.8, 4) is 0 Å². The molecule has 0 radical (unpaired) electrons. The molecule has 2 atom stereocenters. The quantitative estimate of drug-likeness (QED) is 0.760. The van der Waals surface area contributed by atoms with Gasteiger partial charge in [0.25, 0.3) is 5.91 Å². The molecule has 0 unspecified atom stereocenters. The number of hydrogen-bond acceptors (Lipinski definition) is 5. The Labute approximate surface area is 175 Å². The molecular formula is C22H28N4O4. The van der Waals surface area contributed by atoms with E-state index in [1.54, 1.807) is 4.90 Å². The fraction of sp³-hybridized carbons (Fsp3) is 0.545. The highest BCUT2D eigenvalue weighted by Gasteiger charge is 2.50. The summed E-state index contributed by atoms with van der Waals surface area (Å²) in [5, 5.41) is 14.2. The Balaban J connectivity index is 1.52. The van der Waals surface area contributed by atoms with Crippen LogP contribution in [-0.2, 0) is 20.8 Å². The molecule has 30 heavy (non-hydrogen) atoms. The molecule has 1 aromatic carbocycles. The molecule has 160 valence electrons. The Morgan fingerprint density at radius 1 is 1.17 bits per heavy atom. The molecule has 3 heterocycles. The van der Waals surface area contributed by atoms with Crippen LogP contribution in [0.25, 0.3) is 0 Å². The van der Waals surface area contributed by atoms with Gasteiger partial charge in [0.15, 0.2) is 0 Å². The van der Waals surface area contributed by atoms with E-state index in [-0.39, 0.29) is 36.8 Å². The van der Waals surface area contributed by atoms with Crippen LogP contribution in [0.3, 0.4) is 0 Å². The normalized spacial score (nSPS) is 26.5. The molecule has 0 aliphatic carbocycles. The summed E-state index contributed by atoms with van der Waals surface area (Å²) in [5.74, 6) is -0.354. The van der Waals surface area contributed by atoms with Crippen LogP contribution in [0, 0.1) is 5.41 Å². The lowest BCUT2D eigenvalue weighted by atomic mass is 9.68. The van der Waals surface area contributed by atoms with E-state index in [0.717, 1.165) is 18.4 Å². The number of rotatable bonds is 4. The van der Waals surface area contributed by atoms with Crippen molar-refractivity contribution in [2.45, 2.75) is 44.6 Å². The molecule has 1 aromatic rings. The number of likely N-dealkylation sites (tertiary alicyclic amines) is 2. The van der Waals surface area contributed by atoms with Gasteiger partial charge in [0, 0.05) is 37.9 Å². The van der Waals surface area contributed by atoms with E-state index >= 15 is 0 Å². The van der Waals surface area contributed by atoms with E-state index in [0.29, 0.717) is 44.6 Å². The van der Waals surface area contributed by atoms with Crippen LogP contribution < -0.4 is 5.43 Å². The molecule has 3 aliphatic rings. The Hall–Kier alpha value is -2.74. The van der Waals surface area contributed by atoms with Crippen LogP contribution in [-0.4, -0.2) is 70.6 Å². The summed E-state index contributed by atoms with van der Waals surface area (Å²) in [6, 6.07) is 9.38. The zero-order valence-corrected chi connectivity index (χ0v) is 17.0. The monoisotopic (exact) mass is 412 g/mol. The van der Waals surface area contributed by atoms with E-state index in [2.05, 4.69) is 10.5 Å². The van der Waals surface area contributed by atoms with Crippen molar-refractivity contribution in [1.82, 2.24) is 15.2 Å². The summed E-state index contributed by atoms with van der Waals surface area (Å²) in [6.07, 6.45) is 3.20. The van der Waals surface area contributed by atoms with Gasteiger partial charge in [0.1, 0.15) is 5.71 Å². The van der Waals surface area contributed by atoms with E-state index in [9.17, 15) is 19.5 Å². The molecule has 3 aliphatic heterocycles. The first-order chi connectivity index (χ1) is 14.5. The number of benzene rings is 1. The first-order valence-corrected chi connectivity index (χ1v) is 10.6. The summed E-state index contributed by atoms with van der Waals surface area (Å²) in [5.41, 5.74) is 3.30. The number of hydrazone groups is 1. The van der Waals surface area contributed by atoms with Crippen molar-refractivity contribution in [1.29, 1.82) is 0 Å². The minimum atomic E-state index is -0.393. The van der Waals surface area contributed by atoms with Crippen molar-refractivity contribution < 1.29 is 19.5 Å². The maximum absolute atomic E-state index is 13.2. The highest BCUT2D eigenvalue weighted by molar-refractivity contribution is 6.39. The van der Waals surface area contributed by atoms with Crippen LogP contribution in [0.5, 0.6) is 0 Å². The number of carbonyl (C=O) groups is 3. The van der Waals surface area contributed by atoms with Crippen molar-refractivity contribution >= 4 is 23.4 Å². The second-order valence-electron chi connectivity index (χ2n) is 8.48. The van der Waals surface area contributed by atoms with Crippen molar-refractivity contribution in [2.75, 3.05) is 26.2 Å². The molecule has 2 saturated heterocycles. The Morgan fingerprint density at radius 3 is 2.67 bits per heavy atom. The summed E-state index contributed by atoms with van der Waals surface area (Å²) in [6.45, 7) is 1.56. The molecule has 8 nitrogen and oxygen atoms in total. The van der Waals surface area contributed by atoms with Crippen LogP contribution in [0.1, 0.15) is 37.7 Å². The standard InChI is InChI=1S/C22H28N4O4/c27-15-22-9-4-11-26(21(30)17-7-8-19(28)24-23-17)18(22)14-25(12-10-22)20(29)13-16-5-2-1-3-6-16/h1-3,5-6,18,27H,4,7-15H2,(H,24,28)/t18-,22-/m0/s1. The van der Waals surface area contributed by atoms with Gasteiger partial charge in [-0.05, 0) is 24.8 Å². The van der Waals surface area contributed by atoms with Gasteiger partial charge in [0.05, 0.1) is 19.1 Å². The molecule has 0 spiro atoms. The molecule has 0 saturated carbocycles. The smallest absolute Gasteiger partial charge is 0.270 e. The fourth-order valence-electron chi connectivity index (χ4n) is 4.91. The number of piperidine rings is 2. The number of aliphatic hydroxyl groups excluding tert-OH is 1. The van der Waals surface area contributed by atoms with Gasteiger partial charge in [-0.15, -0.1) is 0 Å². The lowest BCUT2D eigenvalue weighted by Crippen LogP contribution is -2.65. The molecule has 8 heteroatoms. The van der Waals surface area contributed by atoms with Crippen LogP contribution >= 0.6 is 0 Å². The topological polar surface area (TPSA) is 102 Å². The van der Waals surface area contributed by atoms with Crippen molar-refractivity contribution in [3.63, 3.8) is 0 Å². The Kier molecular flexibility index (Phi) is 5.85. The minimum absolute atomic E-state index is 0.00856. The molecule has 4 rings (SSSR count). The van der Waals surface area contributed by atoms with E-state index in [1.807, 2.05) is 35.2 Å². The average molecular weight is 412 g/mol. The third-order valence-electron chi connectivity index (χ3n) is 6.71. The summed E-state index contributed by atoms with van der Waals surface area (Å²) in [4.78, 5) is 41.1. The van der Waals surface area contributed by atoms with Gasteiger partial charge in [0.2, 0.25) is 11.8 Å². The van der Waals surface area contributed by atoms with Gasteiger partial charge in [-0.25, -0.2) is 5.43 Å². The second kappa shape index (κ2) is 8.55. The first-order valence-electron chi connectivity index (χ1n) is 10.6. The predicted molar refractivity (Wildman–Crippen MR) is 110 cm³/mol. The lowest BCUT2D eigenvalue weighted by Gasteiger charge is -2.54. The molecular weight excluding hydrogens is 384 g/mol. The highest BCUT2D eigenvalue weighted by Crippen LogP contribution is 2.42. The second-order valence-corrected chi connectivity index (χ2v) is 8.48. The number of aliphatic hydroxyl groups is 1. The van der Waals surface area contributed by atoms with Gasteiger partial charge in [-0.3, -0.25) is 14.4 Å². The molecule has 2 fully saturated rings. The third-order valence-corrected chi connectivity index (χ3v) is 6.71. The van der Waals surface area contributed by atoms with E-state index in [4.69, 9.17) is 0 Å². The summed E-state index contributed by atoms with van der Waals surface area (Å²) in [7, 11) is 0. The number of fused-ring (bicyclic) bond motifs is 1. The molecule has 0 aromatic heterocycles. The maximum Gasteiger partial charge on any atom is 0.270 e. The Morgan fingerprint density at radius 2 is 1.97 bits per heavy atom. The third kappa shape index (κ3) is 3.96. The van der Waals surface area contributed by atoms with Gasteiger partial charge in [-0.1, -0.05) is 30.3 Å². The van der Waals surface area contributed by atoms with Gasteiger partial charge < -0.3 is 14.9 Å². The van der Waals surface area contributed by atoms with Crippen LogP contribution in [0.15, 0.2) is 35.4 Å². The molecule has 0 bridgehead atoms. The largest absolute Gasteiger partial charge is 0.396 e. The summed E-state index contributed by atoms with van der Waals surface area (Å²) >= 11 is 0. The Bertz CT molecular complexity index is 856. The predicted octanol–water partition coefficient (Wildman–Crippen LogP) is 0.697. The highest BCUT2D eigenvalue weighted by atomic mass is 16.3. The SMILES string of the molecule is O=C1CCC(C(=O)N2CCC[C@@]3(CO)CCN(C(=O)Cc4ccccc4)C[C@H]23)=NN1. The fourth-order valence-corrected chi connectivity index (χ4v) is 4.91. The minimum Gasteiger partial charge on any atom is -0.396 e. The van der Waals surface area contributed by atoms with Crippen LogP contribution in [0.4, 0.5) is 0 Å². The first kappa shape index (κ1) is 20.5. The maximum atomic E-state index is 13.2. The number of amides is 3. The van der Waals surface area contributed by atoms with Gasteiger partial charge >= 0.3 is 0 Å². The van der Waals surface area contributed by atoms with E-state index < -0.39 is 5.41 Å². The molecule has 2 N–H and O–H groups in total. The van der Waals surface area contributed by atoms with Crippen molar-refractivity contribution in [3.05, 3.63) is 35.9 Å². The zero-order chi connectivity index (χ0) is 21.1. The van der Waals surface area contributed by atoms with E-state index in [1.165, 1.54) is 0 Å². The zero-order valence-electron chi connectivity index (χ0n) is 17.0. The number of nitrogens with zero attached hydrogens (tertiary/aromatic N) is 3. The average Bonchev–Trinajstić information content (AvgIpc) is 2.79. The number of carbonyl (C=O) groups excluding carboxylic acids is 3. The van der Waals surface area contributed by atoms with Crippen molar-refractivity contribution in [2.24, 2.45) is 10.5 Å². The lowest BCUT2D eigenvalue weighted by molar-refractivity contribution is -0.148. The number of hydrogen-bond donors (Lipinski definition) is 2. The van der Waals surface area contributed by atoms with Gasteiger partial charge in [-0.2, -0.15) is 5.10 Å². The molecule has 3 amide bonds. The number of nitrogens with one attached hydrogen (secondary N) is 1.